The molecule has 1 aliphatic carbocycles. The second-order valence-electron chi connectivity index (χ2n) is 5.45. The van der Waals surface area contributed by atoms with Gasteiger partial charge in [0.25, 0.3) is 5.56 Å². The SMILES string of the molecule is CCCC1CCC(Nc2cnn(C)c(=O)c2Br)CC1. The van der Waals surface area contributed by atoms with Crippen molar-refractivity contribution in [2.24, 2.45) is 13.0 Å². The minimum Gasteiger partial charge on any atom is -0.380 e. The number of halogens is 1. The smallest absolute Gasteiger partial charge is 0.282 e. The Morgan fingerprint density at radius 3 is 2.74 bits per heavy atom. The first-order chi connectivity index (χ1) is 9.11. The van der Waals surface area contributed by atoms with Gasteiger partial charge < -0.3 is 5.32 Å². The second kappa shape index (κ2) is 6.55. The predicted octanol–water partition coefficient (Wildman–Crippen LogP) is 3.31. The molecule has 1 heterocycles. The van der Waals surface area contributed by atoms with E-state index in [1.807, 2.05) is 0 Å². The van der Waals surface area contributed by atoms with E-state index in [0.717, 1.165) is 11.6 Å². The molecular weight excluding hydrogens is 306 g/mol. The molecule has 0 unspecified atom stereocenters. The molecule has 1 aromatic rings. The predicted molar refractivity (Wildman–Crippen MR) is 81.5 cm³/mol. The molecule has 5 heteroatoms. The number of aromatic nitrogens is 2. The van der Waals surface area contributed by atoms with Gasteiger partial charge in [-0.15, -0.1) is 0 Å². The molecule has 0 amide bonds. The van der Waals surface area contributed by atoms with E-state index in [4.69, 9.17) is 0 Å². The van der Waals surface area contributed by atoms with Gasteiger partial charge >= 0.3 is 0 Å². The van der Waals surface area contributed by atoms with Crippen molar-refractivity contribution in [3.8, 4) is 0 Å². The molecule has 0 saturated heterocycles. The van der Waals surface area contributed by atoms with E-state index in [1.54, 1.807) is 13.2 Å². The Bertz CT molecular complexity index is 478. The van der Waals surface area contributed by atoms with E-state index >= 15 is 0 Å². The minimum atomic E-state index is -0.0929. The third-order valence-corrected chi connectivity index (χ3v) is 4.75. The fourth-order valence-electron chi connectivity index (χ4n) is 2.83. The Kier molecular flexibility index (Phi) is 5.02. The lowest BCUT2D eigenvalue weighted by Crippen LogP contribution is -2.28. The Balaban J connectivity index is 1.96. The van der Waals surface area contributed by atoms with E-state index in [9.17, 15) is 4.79 Å². The van der Waals surface area contributed by atoms with Crippen LogP contribution in [-0.4, -0.2) is 15.8 Å². The molecule has 1 aliphatic rings. The Hall–Kier alpha value is -0.840. The average Bonchev–Trinajstić information content (AvgIpc) is 2.42. The van der Waals surface area contributed by atoms with Crippen molar-refractivity contribution in [1.29, 1.82) is 0 Å². The van der Waals surface area contributed by atoms with Crippen LogP contribution in [0.3, 0.4) is 0 Å². The van der Waals surface area contributed by atoms with Gasteiger partial charge in [-0.2, -0.15) is 5.10 Å². The maximum absolute atomic E-state index is 11.8. The molecule has 1 N–H and O–H groups in total. The molecule has 0 bridgehead atoms. The molecule has 1 aromatic heterocycles. The maximum Gasteiger partial charge on any atom is 0.282 e. The average molecular weight is 328 g/mol. The van der Waals surface area contributed by atoms with Gasteiger partial charge in [0.05, 0.1) is 11.9 Å². The van der Waals surface area contributed by atoms with Crippen molar-refractivity contribution in [2.45, 2.75) is 51.5 Å². The van der Waals surface area contributed by atoms with Crippen LogP contribution in [0.5, 0.6) is 0 Å². The molecule has 0 radical (unpaired) electrons. The third-order valence-electron chi connectivity index (χ3n) is 3.98. The number of hydrogen-bond donors (Lipinski definition) is 1. The molecule has 0 aromatic carbocycles. The number of nitrogens with zero attached hydrogens (tertiary/aromatic N) is 2. The fourth-order valence-corrected chi connectivity index (χ4v) is 3.31. The van der Waals surface area contributed by atoms with Crippen LogP contribution in [0.4, 0.5) is 5.69 Å². The van der Waals surface area contributed by atoms with Crippen LogP contribution in [0.25, 0.3) is 0 Å². The first-order valence-electron chi connectivity index (χ1n) is 7.10. The Morgan fingerprint density at radius 2 is 2.11 bits per heavy atom. The highest BCUT2D eigenvalue weighted by Crippen LogP contribution is 2.30. The summed E-state index contributed by atoms with van der Waals surface area (Å²) >= 11 is 3.36. The summed E-state index contributed by atoms with van der Waals surface area (Å²) in [6.45, 7) is 2.26. The number of aryl methyl sites for hydroxylation is 1. The summed E-state index contributed by atoms with van der Waals surface area (Å²) in [5.41, 5.74) is 0.728. The van der Waals surface area contributed by atoms with Crippen LogP contribution in [0, 0.1) is 5.92 Å². The Labute approximate surface area is 122 Å². The third kappa shape index (κ3) is 3.59. The molecule has 2 rings (SSSR count). The zero-order valence-electron chi connectivity index (χ0n) is 11.7. The standard InChI is InChI=1S/C14H22BrN3O/c1-3-4-10-5-7-11(8-6-10)17-12-9-16-18(2)14(19)13(12)15/h9-11,17H,3-8H2,1-2H3. The van der Waals surface area contributed by atoms with Crippen LogP contribution in [-0.2, 0) is 7.05 Å². The summed E-state index contributed by atoms with van der Waals surface area (Å²) < 4.78 is 1.92. The summed E-state index contributed by atoms with van der Waals surface area (Å²) in [6.07, 6.45) is 9.32. The van der Waals surface area contributed by atoms with Crippen LogP contribution >= 0.6 is 15.9 Å². The van der Waals surface area contributed by atoms with Crippen LogP contribution in [0.2, 0.25) is 0 Å². The summed E-state index contributed by atoms with van der Waals surface area (Å²) in [5.74, 6) is 0.897. The van der Waals surface area contributed by atoms with Gasteiger partial charge in [0, 0.05) is 13.1 Å². The van der Waals surface area contributed by atoms with Crippen molar-refractivity contribution in [3.05, 3.63) is 21.0 Å². The maximum atomic E-state index is 11.8. The molecule has 0 atom stereocenters. The minimum absolute atomic E-state index is 0.0929. The molecule has 1 saturated carbocycles. The molecule has 1 fully saturated rings. The number of anilines is 1. The summed E-state index contributed by atoms with van der Waals surface area (Å²) in [5, 5.41) is 7.52. The van der Waals surface area contributed by atoms with E-state index in [1.165, 1.54) is 43.2 Å². The Morgan fingerprint density at radius 1 is 1.42 bits per heavy atom. The van der Waals surface area contributed by atoms with Crippen molar-refractivity contribution in [2.75, 3.05) is 5.32 Å². The van der Waals surface area contributed by atoms with Crippen molar-refractivity contribution < 1.29 is 0 Å². The number of nitrogens with one attached hydrogen (secondary N) is 1. The fraction of sp³-hybridized carbons (Fsp3) is 0.714. The van der Waals surface area contributed by atoms with Gasteiger partial charge in [0.1, 0.15) is 4.47 Å². The molecule has 106 valence electrons. The highest BCUT2D eigenvalue weighted by molar-refractivity contribution is 9.10. The van der Waals surface area contributed by atoms with Gasteiger partial charge in [-0.1, -0.05) is 19.8 Å². The molecule has 0 spiro atoms. The number of hydrogen-bond acceptors (Lipinski definition) is 3. The van der Waals surface area contributed by atoms with Gasteiger partial charge in [0.2, 0.25) is 0 Å². The van der Waals surface area contributed by atoms with Gasteiger partial charge in [-0.25, -0.2) is 4.68 Å². The van der Waals surface area contributed by atoms with Crippen molar-refractivity contribution >= 4 is 21.6 Å². The summed E-state index contributed by atoms with van der Waals surface area (Å²) in [6, 6.07) is 0.471. The molecular formula is C14H22BrN3O. The molecule has 4 nitrogen and oxygen atoms in total. The monoisotopic (exact) mass is 327 g/mol. The normalized spacial score (nSPS) is 23.3. The first kappa shape index (κ1) is 14.6. The topological polar surface area (TPSA) is 46.9 Å². The summed E-state index contributed by atoms with van der Waals surface area (Å²) in [7, 11) is 1.66. The van der Waals surface area contributed by atoms with Crippen molar-refractivity contribution in [1.82, 2.24) is 9.78 Å². The van der Waals surface area contributed by atoms with E-state index in [-0.39, 0.29) is 5.56 Å². The van der Waals surface area contributed by atoms with Crippen LogP contribution < -0.4 is 10.9 Å². The first-order valence-corrected chi connectivity index (χ1v) is 7.89. The van der Waals surface area contributed by atoms with E-state index in [2.05, 4.69) is 33.3 Å². The largest absolute Gasteiger partial charge is 0.380 e. The summed E-state index contributed by atoms with van der Waals surface area (Å²) in [4.78, 5) is 11.8. The van der Waals surface area contributed by atoms with E-state index in [0.29, 0.717) is 10.5 Å². The van der Waals surface area contributed by atoms with Crippen LogP contribution in [0.1, 0.15) is 45.4 Å². The highest BCUT2D eigenvalue weighted by atomic mass is 79.9. The van der Waals surface area contributed by atoms with Gasteiger partial charge in [0.15, 0.2) is 0 Å². The van der Waals surface area contributed by atoms with E-state index < -0.39 is 0 Å². The zero-order chi connectivity index (χ0) is 13.8. The quantitative estimate of drug-likeness (QED) is 0.922. The highest BCUT2D eigenvalue weighted by Gasteiger charge is 2.21. The molecule has 0 aliphatic heterocycles. The van der Waals surface area contributed by atoms with Gasteiger partial charge in [-0.05, 0) is 47.5 Å². The lowest BCUT2D eigenvalue weighted by atomic mass is 9.83. The number of rotatable bonds is 4. The molecule has 19 heavy (non-hydrogen) atoms. The zero-order valence-corrected chi connectivity index (χ0v) is 13.2. The van der Waals surface area contributed by atoms with Gasteiger partial charge in [-0.3, -0.25) is 4.79 Å². The lowest BCUT2D eigenvalue weighted by molar-refractivity contribution is 0.319. The van der Waals surface area contributed by atoms with Crippen molar-refractivity contribution in [3.63, 3.8) is 0 Å². The second-order valence-corrected chi connectivity index (χ2v) is 6.24. The van der Waals surface area contributed by atoms with Crippen LogP contribution in [0.15, 0.2) is 15.5 Å². The lowest BCUT2D eigenvalue weighted by Gasteiger charge is -2.29.